The number of piperidine rings is 1. The Balaban J connectivity index is 2.77. The highest BCUT2D eigenvalue weighted by molar-refractivity contribution is 5.86. The highest BCUT2D eigenvalue weighted by Crippen LogP contribution is 2.30. The third-order valence-electron chi connectivity index (χ3n) is 2.98. The zero-order chi connectivity index (χ0) is 12.6. The van der Waals surface area contributed by atoms with Crippen molar-refractivity contribution in [1.82, 2.24) is 4.90 Å². The first kappa shape index (κ1) is 13.3. The van der Waals surface area contributed by atoms with Gasteiger partial charge in [0.2, 0.25) is 0 Å². The molecule has 1 rings (SSSR count). The van der Waals surface area contributed by atoms with Gasteiger partial charge >= 0.3 is 6.18 Å². The minimum Gasteiger partial charge on any atom is -0.341 e. The van der Waals surface area contributed by atoms with E-state index in [0.29, 0.717) is 13.1 Å². The average Bonchev–Trinajstić information content (AvgIpc) is 2.14. The van der Waals surface area contributed by atoms with Crippen LogP contribution < -0.4 is 5.73 Å². The molecule has 0 aliphatic carbocycles. The van der Waals surface area contributed by atoms with Crippen molar-refractivity contribution in [3.05, 3.63) is 0 Å². The second-order valence-electron chi connectivity index (χ2n) is 4.70. The molecule has 1 aliphatic heterocycles. The van der Waals surface area contributed by atoms with E-state index in [0.717, 1.165) is 19.8 Å². The quantitative estimate of drug-likeness (QED) is 0.753. The van der Waals surface area contributed by atoms with Crippen molar-refractivity contribution in [2.75, 3.05) is 13.1 Å². The van der Waals surface area contributed by atoms with E-state index in [2.05, 4.69) is 0 Å². The van der Waals surface area contributed by atoms with Gasteiger partial charge in [0, 0.05) is 13.1 Å². The molecule has 0 bridgehead atoms. The van der Waals surface area contributed by atoms with Gasteiger partial charge < -0.3 is 10.6 Å². The van der Waals surface area contributed by atoms with Crippen molar-refractivity contribution in [3.63, 3.8) is 0 Å². The van der Waals surface area contributed by atoms with Crippen LogP contribution in [0.25, 0.3) is 0 Å². The maximum atomic E-state index is 12.6. The zero-order valence-electron chi connectivity index (χ0n) is 9.47. The van der Waals surface area contributed by atoms with E-state index in [1.165, 1.54) is 4.90 Å². The van der Waals surface area contributed by atoms with Crippen LogP contribution in [-0.2, 0) is 4.79 Å². The van der Waals surface area contributed by atoms with Crippen LogP contribution >= 0.6 is 0 Å². The number of carbonyl (C=O) groups excluding carboxylic acids is 1. The largest absolute Gasteiger partial charge is 0.415 e. The number of carbonyl (C=O) groups is 1. The van der Waals surface area contributed by atoms with E-state index in [4.69, 9.17) is 5.73 Å². The van der Waals surface area contributed by atoms with Crippen molar-refractivity contribution in [2.45, 2.75) is 38.4 Å². The second-order valence-corrected chi connectivity index (χ2v) is 4.70. The minimum absolute atomic E-state index is 0.238. The number of amides is 1. The summed E-state index contributed by atoms with van der Waals surface area (Å²) in [7, 11) is 0. The Morgan fingerprint density at radius 1 is 1.44 bits per heavy atom. The average molecular weight is 238 g/mol. The Bertz CT molecular complexity index is 276. The molecule has 1 heterocycles. The molecule has 16 heavy (non-hydrogen) atoms. The molecule has 1 aliphatic rings. The Morgan fingerprint density at radius 2 is 2.00 bits per heavy atom. The maximum Gasteiger partial charge on any atom is 0.415 e. The van der Waals surface area contributed by atoms with Crippen LogP contribution in [0, 0.1) is 5.92 Å². The van der Waals surface area contributed by atoms with Gasteiger partial charge in [0.1, 0.15) is 0 Å². The van der Waals surface area contributed by atoms with Crippen molar-refractivity contribution in [3.8, 4) is 0 Å². The Hall–Kier alpha value is -0.780. The number of alkyl halides is 3. The van der Waals surface area contributed by atoms with Crippen molar-refractivity contribution >= 4 is 5.91 Å². The first-order chi connectivity index (χ1) is 7.16. The predicted molar refractivity (Wildman–Crippen MR) is 53.6 cm³/mol. The van der Waals surface area contributed by atoms with Crippen LogP contribution in [0.4, 0.5) is 13.2 Å². The molecule has 1 fully saturated rings. The van der Waals surface area contributed by atoms with E-state index in [9.17, 15) is 18.0 Å². The number of hydrogen-bond donors (Lipinski definition) is 1. The molecule has 1 amide bonds. The summed E-state index contributed by atoms with van der Waals surface area (Å²) in [5.74, 6) is -0.784. The molecule has 0 saturated carbocycles. The summed E-state index contributed by atoms with van der Waals surface area (Å²) in [4.78, 5) is 12.9. The molecule has 0 radical (unpaired) electrons. The van der Waals surface area contributed by atoms with Crippen molar-refractivity contribution < 1.29 is 18.0 Å². The lowest BCUT2D eigenvalue weighted by molar-refractivity contribution is -0.194. The Morgan fingerprint density at radius 3 is 2.44 bits per heavy atom. The molecule has 2 unspecified atom stereocenters. The summed E-state index contributed by atoms with van der Waals surface area (Å²) in [5.41, 5.74) is 2.32. The molecule has 94 valence electrons. The van der Waals surface area contributed by atoms with Gasteiger partial charge in [0.15, 0.2) is 5.54 Å². The topological polar surface area (TPSA) is 46.3 Å². The lowest BCUT2D eigenvalue weighted by Crippen LogP contribution is -2.63. The summed E-state index contributed by atoms with van der Waals surface area (Å²) in [6.45, 7) is 3.38. The van der Waals surface area contributed by atoms with Crippen LogP contribution in [0.1, 0.15) is 26.7 Å². The third kappa shape index (κ3) is 2.48. The normalized spacial score (nSPS) is 26.4. The van der Waals surface area contributed by atoms with Crippen LogP contribution in [0.2, 0.25) is 0 Å². The number of rotatable bonds is 1. The maximum absolute atomic E-state index is 12.6. The predicted octanol–water partition coefficient (Wildman–Crippen LogP) is 1.52. The Labute approximate surface area is 92.8 Å². The number of nitrogens with two attached hydrogens (primary N) is 1. The summed E-state index contributed by atoms with van der Waals surface area (Å²) >= 11 is 0. The molecule has 6 heteroatoms. The molecule has 0 aromatic carbocycles. The molecule has 2 N–H and O–H groups in total. The number of halogens is 3. The van der Waals surface area contributed by atoms with Gasteiger partial charge in [0.05, 0.1) is 0 Å². The van der Waals surface area contributed by atoms with E-state index in [-0.39, 0.29) is 5.92 Å². The van der Waals surface area contributed by atoms with E-state index < -0.39 is 17.6 Å². The van der Waals surface area contributed by atoms with Crippen LogP contribution in [0.15, 0.2) is 0 Å². The fourth-order valence-corrected chi connectivity index (χ4v) is 1.82. The van der Waals surface area contributed by atoms with Gasteiger partial charge in [-0.25, -0.2) is 0 Å². The molecular weight excluding hydrogens is 221 g/mol. The highest BCUT2D eigenvalue weighted by Gasteiger charge is 2.55. The van der Waals surface area contributed by atoms with Gasteiger partial charge in [-0.2, -0.15) is 13.2 Å². The second kappa shape index (κ2) is 4.24. The fourth-order valence-electron chi connectivity index (χ4n) is 1.82. The number of nitrogens with zero attached hydrogens (tertiary/aromatic N) is 1. The monoisotopic (exact) mass is 238 g/mol. The number of hydrogen-bond acceptors (Lipinski definition) is 2. The van der Waals surface area contributed by atoms with Crippen LogP contribution in [0.5, 0.6) is 0 Å². The number of likely N-dealkylation sites (tertiary alicyclic amines) is 1. The molecule has 2 atom stereocenters. The third-order valence-corrected chi connectivity index (χ3v) is 2.98. The minimum atomic E-state index is -4.70. The lowest BCUT2D eigenvalue weighted by Gasteiger charge is -2.37. The highest BCUT2D eigenvalue weighted by atomic mass is 19.4. The SMILES string of the molecule is CC1CCCN(C(=O)C(C)(N)C(F)(F)F)C1. The first-order valence-corrected chi connectivity index (χ1v) is 5.31. The first-order valence-electron chi connectivity index (χ1n) is 5.31. The van der Waals surface area contributed by atoms with E-state index in [1.54, 1.807) is 0 Å². The van der Waals surface area contributed by atoms with E-state index >= 15 is 0 Å². The van der Waals surface area contributed by atoms with Gasteiger partial charge in [-0.15, -0.1) is 0 Å². The van der Waals surface area contributed by atoms with E-state index in [1.807, 2.05) is 6.92 Å². The zero-order valence-corrected chi connectivity index (χ0v) is 9.47. The molecule has 1 saturated heterocycles. The van der Waals surface area contributed by atoms with Crippen LogP contribution in [0.3, 0.4) is 0 Å². The van der Waals surface area contributed by atoms with Gasteiger partial charge in [0.25, 0.3) is 5.91 Å². The van der Waals surface area contributed by atoms with Gasteiger partial charge in [-0.05, 0) is 25.7 Å². The van der Waals surface area contributed by atoms with Gasteiger partial charge in [-0.1, -0.05) is 6.92 Å². The summed E-state index contributed by atoms with van der Waals surface area (Å²) in [5, 5.41) is 0. The molecule has 0 spiro atoms. The lowest BCUT2D eigenvalue weighted by atomic mass is 9.95. The standard InChI is InChI=1S/C10H17F3N2O/c1-7-4-3-5-15(6-7)8(16)9(2,14)10(11,12)13/h7H,3-6,14H2,1-2H3. The summed E-state index contributed by atoms with van der Waals surface area (Å²) < 4.78 is 37.7. The summed E-state index contributed by atoms with van der Waals surface area (Å²) in [6.07, 6.45) is -3.03. The molecular formula is C10H17F3N2O. The Kier molecular flexibility index (Phi) is 3.52. The molecule has 0 aromatic rings. The smallest absolute Gasteiger partial charge is 0.341 e. The van der Waals surface area contributed by atoms with Crippen molar-refractivity contribution in [1.29, 1.82) is 0 Å². The molecule has 0 aromatic heterocycles. The van der Waals surface area contributed by atoms with Crippen LogP contribution in [-0.4, -0.2) is 35.6 Å². The van der Waals surface area contributed by atoms with Crippen molar-refractivity contribution in [2.24, 2.45) is 11.7 Å². The molecule has 3 nitrogen and oxygen atoms in total. The van der Waals surface area contributed by atoms with Gasteiger partial charge in [-0.3, -0.25) is 4.79 Å². The fraction of sp³-hybridized carbons (Fsp3) is 0.900. The summed E-state index contributed by atoms with van der Waals surface area (Å²) in [6, 6.07) is 0.